The molecule has 1 atom stereocenters. The fourth-order valence-electron chi connectivity index (χ4n) is 1.57. The molecule has 1 aromatic carbocycles. The molecule has 0 saturated carbocycles. The van der Waals surface area contributed by atoms with E-state index < -0.39 is 5.82 Å². The number of ether oxygens (including phenoxy) is 1. The van der Waals surface area contributed by atoms with Crippen LogP contribution in [-0.2, 0) is 0 Å². The Hall–Kier alpha value is -1.50. The number of rotatable bonds is 4. The third kappa shape index (κ3) is 2.44. The van der Waals surface area contributed by atoms with Crippen molar-refractivity contribution in [2.45, 2.75) is 6.04 Å². The van der Waals surface area contributed by atoms with Crippen molar-refractivity contribution in [3.8, 4) is 5.75 Å². The number of halogens is 1. The largest absolute Gasteiger partial charge is 0.494 e. The van der Waals surface area contributed by atoms with Gasteiger partial charge in [-0.2, -0.15) is 0 Å². The Kier molecular flexibility index (Phi) is 3.68. The molecule has 0 bridgehead atoms. The quantitative estimate of drug-likeness (QED) is 0.645. The van der Waals surface area contributed by atoms with Crippen LogP contribution in [0.25, 0.3) is 0 Å². The second-order valence-corrected chi connectivity index (χ2v) is 4.32. The predicted molar refractivity (Wildman–Crippen MR) is 64.2 cm³/mol. The molecule has 1 unspecified atom stereocenters. The molecule has 1 aromatic heterocycles. The number of nitrogens with two attached hydrogens (primary N) is 1. The molecule has 90 valence electrons. The van der Waals surface area contributed by atoms with Gasteiger partial charge in [0.1, 0.15) is 0 Å². The van der Waals surface area contributed by atoms with E-state index in [-0.39, 0.29) is 11.8 Å². The van der Waals surface area contributed by atoms with Crippen LogP contribution in [0.2, 0.25) is 0 Å². The van der Waals surface area contributed by atoms with Gasteiger partial charge in [-0.15, -0.1) is 11.3 Å². The van der Waals surface area contributed by atoms with Gasteiger partial charge in [0.25, 0.3) is 0 Å². The van der Waals surface area contributed by atoms with Crippen LogP contribution in [0, 0.1) is 5.82 Å². The highest BCUT2D eigenvalue weighted by molar-refractivity contribution is 7.09. The lowest BCUT2D eigenvalue weighted by atomic mass is 10.1. The number of hydrazine groups is 1. The molecule has 17 heavy (non-hydrogen) atoms. The van der Waals surface area contributed by atoms with Gasteiger partial charge in [-0.25, -0.2) is 9.82 Å². The maximum absolute atomic E-state index is 13.6. The molecule has 0 fully saturated rings. The molecular weight excluding hydrogens is 241 g/mol. The monoisotopic (exact) mass is 253 g/mol. The number of benzene rings is 1. The van der Waals surface area contributed by atoms with Crippen LogP contribution in [0.1, 0.15) is 16.5 Å². The summed E-state index contributed by atoms with van der Waals surface area (Å²) < 4.78 is 18.5. The lowest BCUT2D eigenvalue weighted by molar-refractivity contribution is 0.386. The molecule has 0 aliphatic carbocycles. The zero-order chi connectivity index (χ0) is 12.3. The highest BCUT2D eigenvalue weighted by Gasteiger charge is 2.15. The Labute approximate surface area is 102 Å². The van der Waals surface area contributed by atoms with Crippen molar-refractivity contribution < 1.29 is 9.13 Å². The zero-order valence-corrected chi connectivity index (χ0v) is 10.00. The summed E-state index contributed by atoms with van der Waals surface area (Å²) in [6.45, 7) is 0. The van der Waals surface area contributed by atoms with E-state index in [0.29, 0.717) is 0 Å². The number of hydrogen-bond acceptors (Lipinski definition) is 5. The van der Waals surface area contributed by atoms with Gasteiger partial charge in [-0.05, 0) is 17.7 Å². The van der Waals surface area contributed by atoms with Gasteiger partial charge in [0.2, 0.25) is 0 Å². The molecule has 0 radical (unpaired) electrons. The highest BCUT2D eigenvalue weighted by atomic mass is 32.1. The van der Waals surface area contributed by atoms with Crippen LogP contribution >= 0.6 is 11.3 Å². The van der Waals surface area contributed by atoms with Gasteiger partial charge >= 0.3 is 0 Å². The van der Waals surface area contributed by atoms with Gasteiger partial charge < -0.3 is 4.74 Å². The van der Waals surface area contributed by atoms with Crippen LogP contribution < -0.4 is 16.0 Å². The Morgan fingerprint density at radius 2 is 2.35 bits per heavy atom. The minimum atomic E-state index is -0.408. The summed E-state index contributed by atoms with van der Waals surface area (Å²) in [7, 11) is 1.43. The summed E-state index contributed by atoms with van der Waals surface area (Å²) in [5, 5.41) is 0. The average molecular weight is 253 g/mol. The van der Waals surface area contributed by atoms with E-state index in [0.717, 1.165) is 10.4 Å². The lowest BCUT2D eigenvalue weighted by Crippen LogP contribution is -2.28. The van der Waals surface area contributed by atoms with Crippen molar-refractivity contribution in [2.75, 3.05) is 7.11 Å². The fraction of sp³-hybridized carbons (Fsp3) is 0.182. The van der Waals surface area contributed by atoms with Crippen molar-refractivity contribution >= 4 is 11.3 Å². The first kappa shape index (κ1) is 12.0. The van der Waals surface area contributed by atoms with E-state index in [4.69, 9.17) is 10.6 Å². The van der Waals surface area contributed by atoms with Crippen molar-refractivity contribution in [1.82, 2.24) is 10.4 Å². The summed E-state index contributed by atoms with van der Waals surface area (Å²) in [6, 6.07) is 4.49. The van der Waals surface area contributed by atoms with Crippen molar-refractivity contribution in [1.29, 1.82) is 0 Å². The van der Waals surface area contributed by atoms with Gasteiger partial charge in [-0.3, -0.25) is 10.8 Å². The standard InChI is InChI=1S/C11H12FN3OS/c1-16-9-3-2-7(4-8(9)12)11(15-13)10-5-14-6-17-10/h2-6,11,15H,13H2,1H3. The first-order valence-electron chi connectivity index (χ1n) is 4.94. The molecule has 3 N–H and O–H groups in total. The highest BCUT2D eigenvalue weighted by Crippen LogP contribution is 2.27. The van der Waals surface area contributed by atoms with Gasteiger partial charge in [0, 0.05) is 11.1 Å². The Bertz CT molecular complexity index is 489. The number of nitrogens with zero attached hydrogens (tertiary/aromatic N) is 1. The lowest BCUT2D eigenvalue weighted by Gasteiger charge is -2.15. The maximum Gasteiger partial charge on any atom is 0.165 e. The minimum absolute atomic E-state index is 0.217. The van der Waals surface area contributed by atoms with Gasteiger partial charge in [0.05, 0.1) is 18.7 Å². The number of nitrogens with one attached hydrogen (secondary N) is 1. The first-order valence-corrected chi connectivity index (χ1v) is 5.82. The molecule has 0 saturated heterocycles. The topological polar surface area (TPSA) is 60.2 Å². The van der Waals surface area contributed by atoms with Gasteiger partial charge in [0.15, 0.2) is 11.6 Å². The Morgan fingerprint density at radius 3 is 2.88 bits per heavy atom. The number of aromatic nitrogens is 1. The third-order valence-electron chi connectivity index (χ3n) is 2.41. The van der Waals surface area contributed by atoms with Crippen LogP contribution in [0.5, 0.6) is 5.75 Å². The summed E-state index contributed by atoms with van der Waals surface area (Å²) in [6.07, 6.45) is 1.71. The second kappa shape index (κ2) is 5.22. The average Bonchev–Trinajstić information content (AvgIpc) is 2.84. The summed E-state index contributed by atoms with van der Waals surface area (Å²) in [4.78, 5) is 4.91. The minimum Gasteiger partial charge on any atom is -0.494 e. The molecule has 6 heteroatoms. The fourth-order valence-corrected chi connectivity index (χ4v) is 2.28. The van der Waals surface area contributed by atoms with Crippen molar-refractivity contribution in [2.24, 2.45) is 5.84 Å². The molecule has 0 amide bonds. The molecular formula is C11H12FN3OS. The Balaban J connectivity index is 2.35. The van der Waals surface area contributed by atoms with E-state index in [2.05, 4.69) is 10.4 Å². The third-order valence-corrected chi connectivity index (χ3v) is 3.25. The molecule has 2 aromatic rings. The van der Waals surface area contributed by atoms with Gasteiger partial charge in [-0.1, -0.05) is 6.07 Å². The van der Waals surface area contributed by atoms with E-state index in [9.17, 15) is 4.39 Å². The SMILES string of the molecule is COc1ccc(C(NN)c2cncs2)cc1F. The maximum atomic E-state index is 13.6. The van der Waals surface area contributed by atoms with Crippen LogP contribution in [0.4, 0.5) is 4.39 Å². The normalized spacial score (nSPS) is 12.4. The summed E-state index contributed by atoms with van der Waals surface area (Å²) >= 11 is 1.46. The van der Waals surface area contributed by atoms with E-state index in [1.807, 2.05) is 0 Å². The van der Waals surface area contributed by atoms with Crippen LogP contribution in [0.3, 0.4) is 0 Å². The van der Waals surface area contributed by atoms with Crippen molar-refractivity contribution in [3.63, 3.8) is 0 Å². The predicted octanol–water partition coefficient (Wildman–Crippen LogP) is 1.84. The second-order valence-electron chi connectivity index (χ2n) is 3.40. The van der Waals surface area contributed by atoms with Crippen LogP contribution in [-0.4, -0.2) is 12.1 Å². The zero-order valence-electron chi connectivity index (χ0n) is 9.18. The Morgan fingerprint density at radius 1 is 1.53 bits per heavy atom. The van der Waals surface area contributed by atoms with E-state index >= 15 is 0 Å². The first-order chi connectivity index (χ1) is 8.26. The number of methoxy groups -OCH3 is 1. The summed E-state index contributed by atoms with van der Waals surface area (Å²) in [5.41, 5.74) is 5.09. The number of hydrogen-bond donors (Lipinski definition) is 2. The molecule has 0 aliphatic rings. The smallest absolute Gasteiger partial charge is 0.165 e. The molecule has 1 heterocycles. The van der Waals surface area contributed by atoms with Crippen LogP contribution in [0.15, 0.2) is 29.9 Å². The van der Waals surface area contributed by atoms with E-state index in [1.54, 1.807) is 23.8 Å². The molecule has 4 nitrogen and oxygen atoms in total. The van der Waals surface area contributed by atoms with E-state index in [1.165, 1.54) is 24.5 Å². The number of thiazole rings is 1. The molecule has 0 spiro atoms. The molecule has 2 rings (SSSR count). The summed E-state index contributed by atoms with van der Waals surface area (Å²) in [5.74, 6) is 5.30. The molecule has 0 aliphatic heterocycles. The van der Waals surface area contributed by atoms with Crippen molar-refractivity contribution in [3.05, 3.63) is 46.2 Å².